The number of carbonyl (C=O) groups is 1. The normalized spacial score (nSPS) is 10.5. The SMILES string of the molecule is C#CCN/C(N)=N/c1nc(-c2ccc(CNC(C)=O)o2)cs1.Cl. The number of rotatable bonds is 5. The molecule has 23 heavy (non-hydrogen) atoms. The molecule has 0 fully saturated rings. The molecule has 0 aromatic carbocycles. The van der Waals surface area contributed by atoms with Crippen molar-refractivity contribution >= 4 is 40.7 Å². The van der Waals surface area contributed by atoms with E-state index in [-0.39, 0.29) is 24.3 Å². The molecule has 2 heterocycles. The summed E-state index contributed by atoms with van der Waals surface area (Å²) in [6.45, 7) is 2.10. The molecular weight excluding hydrogens is 338 g/mol. The van der Waals surface area contributed by atoms with Crippen LogP contribution in [0.25, 0.3) is 11.5 Å². The molecule has 9 heteroatoms. The highest BCUT2D eigenvalue weighted by Gasteiger charge is 2.09. The van der Waals surface area contributed by atoms with Crippen LogP contribution in [-0.2, 0) is 11.3 Å². The number of furan rings is 1. The Morgan fingerprint density at radius 2 is 2.30 bits per heavy atom. The van der Waals surface area contributed by atoms with Gasteiger partial charge in [0.1, 0.15) is 11.5 Å². The number of amides is 1. The second kappa shape index (κ2) is 8.82. The van der Waals surface area contributed by atoms with Crippen molar-refractivity contribution in [3.8, 4) is 23.8 Å². The van der Waals surface area contributed by atoms with Crippen molar-refractivity contribution in [1.29, 1.82) is 0 Å². The van der Waals surface area contributed by atoms with Gasteiger partial charge in [-0.15, -0.1) is 30.2 Å². The molecule has 0 aliphatic rings. The van der Waals surface area contributed by atoms with Crippen molar-refractivity contribution in [1.82, 2.24) is 15.6 Å². The van der Waals surface area contributed by atoms with Crippen LogP contribution in [0.5, 0.6) is 0 Å². The third-order valence-electron chi connectivity index (χ3n) is 2.51. The van der Waals surface area contributed by atoms with E-state index in [0.717, 1.165) is 0 Å². The van der Waals surface area contributed by atoms with Crippen LogP contribution in [0.3, 0.4) is 0 Å². The first-order valence-corrected chi connectivity index (χ1v) is 7.27. The van der Waals surface area contributed by atoms with E-state index in [1.54, 1.807) is 12.1 Å². The Balaban J connectivity index is 0.00000264. The van der Waals surface area contributed by atoms with Gasteiger partial charge in [-0.1, -0.05) is 5.92 Å². The third-order valence-corrected chi connectivity index (χ3v) is 3.24. The summed E-state index contributed by atoms with van der Waals surface area (Å²) in [5, 5.41) is 7.73. The van der Waals surface area contributed by atoms with Crippen LogP contribution in [0.2, 0.25) is 0 Å². The number of nitrogens with zero attached hydrogens (tertiary/aromatic N) is 2. The van der Waals surface area contributed by atoms with Crippen LogP contribution < -0.4 is 16.4 Å². The van der Waals surface area contributed by atoms with Crippen molar-refractivity contribution in [2.45, 2.75) is 13.5 Å². The number of aliphatic imine (C=N–C) groups is 1. The van der Waals surface area contributed by atoms with E-state index < -0.39 is 0 Å². The fourth-order valence-electron chi connectivity index (χ4n) is 1.54. The van der Waals surface area contributed by atoms with Gasteiger partial charge in [-0.25, -0.2) is 4.98 Å². The Morgan fingerprint density at radius 3 is 3.00 bits per heavy atom. The summed E-state index contributed by atoms with van der Waals surface area (Å²) in [6.07, 6.45) is 5.12. The molecule has 0 aliphatic carbocycles. The summed E-state index contributed by atoms with van der Waals surface area (Å²) in [5.74, 6) is 3.76. The molecule has 0 saturated carbocycles. The summed E-state index contributed by atoms with van der Waals surface area (Å²) in [5.41, 5.74) is 6.31. The molecule has 4 N–H and O–H groups in total. The minimum absolute atomic E-state index is 0. The average Bonchev–Trinajstić information content (AvgIpc) is 3.11. The van der Waals surface area contributed by atoms with Crippen molar-refractivity contribution in [3.05, 3.63) is 23.3 Å². The van der Waals surface area contributed by atoms with Gasteiger partial charge in [0.05, 0.1) is 13.1 Å². The Labute approximate surface area is 143 Å². The molecule has 0 bridgehead atoms. The molecule has 0 unspecified atom stereocenters. The third kappa shape index (κ3) is 5.65. The van der Waals surface area contributed by atoms with Gasteiger partial charge in [0.15, 0.2) is 11.7 Å². The lowest BCUT2D eigenvalue weighted by molar-refractivity contribution is -0.119. The summed E-state index contributed by atoms with van der Waals surface area (Å²) in [7, 11) is 0. The van der Waals surface area contributed by atoms with Crippen LogP contribution in [0.15, 0.2) is 26.9 Å². The largest absolute Gasteiger partial charge is 0.458 e. The van der Waals surface area contributed by atoms with Crippen molar-refractivity contribution in [2.24, 2.45) is 10.7 Å². The molecule has 1 amide bonds. The molecule has 2 aromatic heterocycles. The summed E-state index contributed by atoms with van der Waals surface area (Å²) in [6, 6.07) is 3.58. The lowest BCUT2D eigenvalue weighted by Crippen LogP contribution is -2.31. The number of thiazole rings is 1. The molecule has 2 rings (SSSR count). The maximum atomic E-state index is 10.9. The molecule has 0 atom stereocenters. The fraction of sp³-hybridized carbons (Fsp3) is 0.214. The van der Waals surface area contributed by atoms with Crippen LogP contribution in [-0.4, -0.2) is 23.4 Å². The van der Waals surface area contributed by atoms with E-state index in [0.29, 0.717) is 35.4 Å². The summed E-state index contributed by atoms with van der Waals surface area (Å²) >= 11 is 1.33. The van der Waals surface area contributed by atoms with E-state index >= 15 is 0 Å². The van der Waals surface area contributed by atoms with E-state index in [4.69, 9.17) is 16.6 Å². The van der Waals surface area contributed by atoms with Gasteiger partial charge in [-0.3, -0.25) is 4.79 Å². The molecular formula is C14H16ClN5O2S. The Hall–Kier alpha value is -2.50. The zero-order chi connectivity index (χ0) is 15.9. The number of terminal acetylenes is 1. The highest BCUT2D eigenvalue weighted by atomic mass is 35.5. The highest BCUT2D eigenvalue weighted by Crippen LogP contribution is 2.27. The molecule has 0 saturated heterocycles. The lowest BCUT2D eigenvalue weighted by Gasteiger charge is -1.98. The second-order valence-corrected chi connectivity index (χ2v) is 5.08. The predicted octanol–water partition coefficient (Wildman–Crippen LogP) is 1.63. The number of hydrogen-bond donors (Lipinski definition) is 3. The minimum atomic E-state index is -0.113. The Kier molecular flexibility index (Phi) is 7.12. The molecule has 0 radical (unpaired) electrons. The van der Waals surface area contributed by atoms with Gasteiger partial charge in [0.25, 0.3) is 0 Å². The van der Waals surface area contributed by atoms with Gasteiger partial charge < -0.3 is 20.8 Å². The van der Waals surface area contributed by atoms with Crippen LogP contribution in [0, 0.1) is 12.3 Å². The first-order valence-electron chi connectivity index (χ1n) is 6.39. The fourth-order valence-corrected chi connectivity index (χ4v) is 2.22. The number of aromatic nitrogens is 1. The number of nitrogens with one attached hydrogen (secondary N) is 2. The van der Waals surface area contributed by atoms with Crippen LogP contribution >= 0.6 is 23.7 Å². The van der Waals surface area contributed by atoms with Crippen LogP contribution in [0.1, 0.15) is 12.7 Å². The van der Waals surface area contributed by atoms with E-state index in [1.165, 1.54) is 18.3 Å². The van der Waals surface area contributed by atoms with E-state index in [2.05, 4.69) is 26.5 Å². The topological polar surface area (TPSA) is 106 Å². The first kappa shape index (κ1) is 18.5. The smallest absolute Gasteiger partial charge is 0.217 e. The van der Waals surface area contributed by atoms with E-state index in [9.17, 15) is 4.79 Å². The quantitative estimate of drug-likeness (QED) is 0.430. The molecule has 7 nitrogen and oxygen atoms in total. The summed E-state index contributed by atoms with van der Waals surface area (Å²) < 4.78 is 5.61. The molecule has 0 aliphatic heterocycles. The average molecular weight is 354 g/mol. The number of guanidine groups is 1. The first-order chi connectivity index (χ1) is 10.6. The zero-order valence-electron chi connectivity index (χ0n) is 12.3. The number of nitrogens with two attached hydrogens (primary N) is 1. The van der Waals surface area contributed by atoms with Gasteiger partial charge in [-0.05, 0) is 12.1 Å². The van der Waals surface area contributed by atoms with Gasteiger partial charge in [0.2, 0.25) is 11.0 Å². The second-order valence-electron chi connectivity index (χ2n) is 4.25. The van der Waals surface area contributed by atoms with Crippen molar-refractivity contribution < 1.29 is 9.21 Å². The van der Waals surface area contributed by atoms with Gasteiger partial charge >= 0.3 is 0 Å². The Morgan fingerprint density at radius 1 is 1.52 bits per heavy atom. The maximum absolute atomic E-state index is 10.9. The maximum Gasteiger partial charge on any atom is 0.217 e. The lowest BCUT2D eigenvalue weighted by atomic mass is 10.3. The molecule has 122 valence electrons. The number of hydrogen-bond acceptors (Lipinski definition) is 5. The Bertz CT molecular complexity index is 732. The van der Waals surface area contributed by atoms with Crippen molar-refractivity contribution in [3.63, 3.8) is 0 Å². The van der Waals surface area contributed by atoms with Crippen molar-refractivity contribution in [2.75, 3.05) is 6.54 Å². The van der Waals surface area contributed by atoms with Gasteiger partial charge in [-0.2, -0.15) is 4.99 Å². The molecule has 0 spiro atoms. The van der Waals surface area contributed by atoms with Gasteiger partial charge in [0, 0.05) is 12.3 Å². The monoisotopic (exact) mass is 353 g/mol. The van der Waals surface area contributed by atoms with E-state index in [1.807, 2.05) is 5.38 Å². The number of carbonyl (C=O) groups excluding carboxylic acids is 1. The van der Waals surface area contributed by atoms with Crippen LogP contribution in [0.4, 0.5) is 5.13 Å². The number of halogens is 1. The predicted molar refractivity (Wildman–Crippen MR) is 92.7 cm³/mol. The molecule has 2 aromatic rings. The highest BCUT2D eigenvalue weighted by molar-refractivity contribution is 7.13. The standard InChI is InChI=1S/C14H15N5O2S.ClH/c1-3-6-16-13(15)19-14-18-11(8-22-14)12-5-4-10(21-12)7-17-9(2)20;/h1,4-5,8H,6-7H2,2H3,(H,17,20)(H3,15,16,18,19);1H. The summed E-state index contributed by atoms with van der Waals surface area (Å²) in [4.78, 5) is 19.3. The zero-order valence-corrected chi connectivity index (χ0v) is 14.0. The minimum Gasteiger partial charge on any atom is -0.458 e.